The molecule has 2 heteroatoms. The van der Waals surface area contributed by atoms with E-state index in [0.29, 0.717) is 0 Å². The summed E-state index contributed by atoms with van der Waals surface area (Å²) < 4.78 is 4.93. The van der Waals surface area contributed by atoms with Gasteiger partial charge in [0.15, 0.2) is 0 Å². The zero-order chi connectivity index (χ0) is 30.2. The van der Waals surface area contributed by atoms with Crippen LogP contribution in [0.5, 0.6) is 0 Å². The SMILES string of the molecule is c1ccc(-c2cc3ccccc3cc2-n2c3cc4c(cc3c3c5ccccc5ccc32)c2ccccc2n4-c2ccccc2)cc1. The van der Waals surface area contributed by atoms with E-state index in [1.807, 2.05) is 0 Å². The molecule has 10 rings (SSSR count). The molecule has 0 radical (unpaired) electrons. The molecule has 0 N–H and O–H groups in total. The summed E-state index contributed by atoms with van der Waals surface area (Å²) >= 11 is 0. The second-order valence-corrected chi connectivity index (χ2v) is 12.2. The van der Waals surface area contributed by atoms with E-state index in [1.165, 1.54) is 82.0 Å². The van der Waals surface area contributed by atoms with E-state index in [4.69, 9.17) is 0 Å². The minimum absolute atomic E-state index is 1.16. The van der Waals surface area contributed by atoms with Gasteiger partial charge in [0.05, 0.1) is 27.8 Å². The van der Waals surface area contributed by atoms with Crippen LogP contribution in [0.4, 0.5) is 0 Å². The Balaban J connectivity index is 1.44. The fraction of sp³-hybridized carbons (Fsp3) is 0. The van der Waals surface area contributed by atoms with Gasteiger partial charge in [-0.25, -0.2) is 0 Å². The van der Waals surface area contributed by atoms with Gasteiger partial charge in [-0.05, 0) is 75.6 Å². The molecule has 0 spiro atoms. The molecular weight excluding hydrogens is 556 g/mol. The second-order valence-electron chi connectivity index (χ2n) is 12.2. The van der Waals surface area contributed by atoms with E-state index in [0.717, 1.165) is 5.69 Å². The topological polar surface area (TPSA) is 9.86 Å². The zero-order valence-electron chi connectivity index (χ0n) is 25.1. The third-order valence-corrected chi connectivity index (χ3v) is 9.65. The maximum atomic E-state index is 2.51. The lowest BCUT2D eigenvalue weighted by Gasteiger charge is -2.16. The van der Waals surface area contributed by atoms with Crippen LogP contribution < -0.4 is 0 Å². The van der Waals surface area contributed by atoms with Crippen LogP contribution in [-0.4, -0.2) is 9.13 Å². The van der Waals surface area contributed by atoms with Crippen LogP contribution in [0.3, 0.4) is 0 Å². The standard InChI is InChI=1S/C44H28N2/c1-3-13-29(14-4-1)36-25-31-16-7-8-17-32(31)26-41(36)46-40-24-23-30-15-9-10-20-34(30)44(40)38-27-37-35-21-11-12-22-39(35)45(42(37)28-43(38)46)33-18-5-2-6-19-33/h1-28H. The quantitative estimate of drug-likeness (QED) is 0.195. The number of rotatable bonds is 3. The number of para-hydroxylation sites is 2. The van der Waals surface area contributed by atoms with Gasteiger partial charge in [-0.1, -0.05) is 121 Å². The molecule has 0 aliphatic carbocycles. The van der Waals surface area contributed by atoms with E-state index < -0.39 is 0 Å². The molecule has 2 nitrogen and oxygen atoms in total. The highest BCUT2D eigenvalue weighted by molar-refractivity contribution is 6.25. The van der Waals surface area contributed by atoms with Crippen LogP contribution in [0.15, 0.2) is 170 Å². The Labute approximate surface area is 266 Å². The van der Waals surface area contributed by atoms with Crippen LogP contribution in [0.2, 0.25) is 0 Å². The lowest BCUT2D eigenvalue weighted by atomic mass is 9.98. The number of aromatic nitrogens is 2. The van der Waals surface area contributed by atoms with Crippen molar-refractivity contribution in [2.24, 2.45) is 0 Å². The molecule has 2 aromatic heterocycles. The Morgan fingerprint density at radius 1 is 0.326 bits per heavy atom. The molecule has 0 saturated carbocycles. The highest BCUT2D eigenvalue weighted by Crippen LogP contribution is 2.44. The van der Waals surface area contributed by atoms with Crippen LogP contribution in [0.25, 0.3) is 87.7 Å². The molecule has 0 bridgehead atoms. The number of hydrogen-bond acceptors (Lipinski definition) is 0. The summed E-state index contributed by atoms with van der Waals surface area (Å²) in [5.41, 5.74) is 9.60. The van der Waals surface area contributed by atoms with Gasteiger partial charge in [-0.3, -0.25) is 0 Å². The van der Waals surface area contributed by atoms with Gasteiger partial charge in [-0.15, -0.1) is 0 Å². The maximum Gasteiger partial charge on any atom is 0.0562 e. The van der Waals surface area contributed by atoms with Gasteiger partial charge in [0, 0.05) is 32.8 Å². The van der Waals surface area contributed by atoms with Gasteiger partial charge >= 0.3 is 0 Å². The third kappa shape index (κ3) is 3.59. The Morgan fingerprint density at radius 2 is 0.957 bits per heavy atom. The molecule has 0 fully saturated rings. The van der Waals surface area contributed by atoms with Crippen molar-refractivity contribution in [3.8, 4) is 22.5 Å². The maximum absolute atomic E-state index is 2.51. The fourth-order valence-corrected chi connectivity index (χ4v) is 7.63. The summed E-state index contributed by atoms with van der Waals surface area (Å²) in [5, 5.41) is 10.1. The van der Waals surface area contributed by atoms with Crippen molar-refractivity contribution in [3.63, 3.8) is 0 Å². The molecule has 0 unspecified atom stereocenters. The van der Waals surface area contributed by atoms with Gasteiger partial charge in [0.2, 0.25) is 0 Å². The first-order valence-electron chi connectivity index (χ1n) is 15.9. The van der Waals surface area contributed by atoms with Crippen molar-refractivity contribution in [2.75, 3.05) is 0 Å². The van der Waals surface area contributed by atoms with Crippen molar-refractivity contribution >= 4 is 65.2 Å². The summed E-state index contributed by atoms with van der Waals surface area (Å²) in [7, 11) is 0. The van der Waals surface area contributed by atoms with Crippen LogP contribution in [0, 0.1) is 0 Å². The molecule has 10 aromatic rings. The molecule has 0 amide bonds. The number of benzene rings is 8. The first-order chi connectivity index (χ1) is 22.8. The minimum Gasteiger partial charge on any atom is -0.309 e. The molecule has 8 aromatic carbocycles. The highest BCUT2D eigenvalue weighted by atomic mass is 15.0. The third-order valence-electron chi connectivity index (χ3n) is 9.65. The van der Waals surface area contributed by atoms with Crippen molar-refractivity contribution in [2.45, 2.75) is 0 Å². The number of nitrogens with zero attached hydrogens (tertiary/aromatic N) is 2. The summed E-state index contributed by atoms with van der Waals surface area (Å²) in [6.45, 7) is 0. The Bertz CT molecular complexity index is 2780. The second kappa shape index (κ2) is 9.69. The Kier molecular flexibility index (Phi) is 5.31. The molecule has 0 aliphatic heterocycles. The lowest BCUT2D eigenvalue weighted by molar-refractivity contribution is 1.17. The average Bonchev–Trinajstić information content (AvgIpc) is 3.63. The lowest BCUT2D eigenvalue weighted by Crippen LogP contribution is -1.98. The Morgan fingerprint density at radius 3 is 1.76 bits per heavy atom. The first kappa shape index (κ1) is 25.2. The van der Waals surface area contributed by atoms with Gasteiger partial charge in [0.25, 0.3) is 0 Å². The highest BCUT2D eigenvalue weighted by Gasteiger charge is 2.21. The average molecular weight is 585 g/mol. The van der Waals surface area contributed by atoms with E-state index in [2.05, 4.69) is 179 Å². The largest absolute Gasteiger partial charge is 0.309 e. The van der Waals surface area contributed by atoms with Crippen LogP contribution in [-0.2, 0) is 0 Å². The minimum atomic E-state index is 1.16. The Hall–Kier alpha value is -6.12. The van der Waals surface area contributed by atoms with E-state index in [1.54, 1.807) is 0 Å². The molecule has 0 atom stereocenters. The molecular formula is C44H28N2. The normalized spacial score (nSPS) is 11.9. The summed E-state index contributed by atoms with van der Waals surface area (Å²) in [6.07, 6.45) is 0. The van der Waals surface area contributed by atoms with Crippen molar-refractivity contribution in [1.82, 2.24) is 9.13 Å². The zero-order valence-corrected chi connectivity index (χ0v) is 25.1. The van der Waals surface area contributed by atoms with E-state index >= 15 is 0 Å². The predicted molar refractivity (Wildman–Crippen MR) is 196 cm³/mol. The molecule has 0 saturated heterocycles. The summed E-state index contributed by atoms with van der Waals surface area (Å²) in [5.74, 6) is 0. The number of hydrogen-bond donors (Lipinski definition) is 0. The van der Waals surface area contributed by atoms with Crippen molar-refractivity contribution in [3.05, 3.63) is 170 Å². The van der Waals surface area contributed by atoms with Crippen molar-refractivity contribution < 1.29 is 0 Å². The molecule has 2 heterocycles. The van der Waals surface area contributed by atoms with Gasteiger partial charge < -0.3 is 9.13 Å². The molecule has 214 valence electrons. The fourth-order valence-electron chi connectivity index (χ4n) is 7.63. The number of fused-ring (bicyclic) bond motifs is 9. The summed E-state index contributed by atoms with van der Waals surface area (Å²) in [4.78, 5) is 0. The molecule has 46 heavy (non-hydrogen) atoms. The van der Waals surface area contributed by atoms with Crippen LogP contribution in [0.1, 0.15) is 0 Å². The first-order valence-corrected chi connectivity index (χ1v) is 15.9. The van der Waals surface area contributed by atoms with Gasteiger partial charge in [0.1, 0.15) is 0 Å². The monoisotopic (exact) mass is 584 g/mol. The van der Waals surface area contributed by atoms with Crippen LogP contribution >= 0.6 is 0 Å². The van der Waals surface area contributed by atoms with E-state index in [9.17, 15) is 0 Å². The molecule has 0 aliphatic rings. The van der Waals surface area contributed by atoms with Gasteiger partial charge in [-0.2, -0.15) is 0 Å². The predicted octanol–water partition coefficient (Wildman–Crippen LogP) is 11.9. The summed E-state index contributed by atoms with van der Waals surface area (Å²) in [6, 6.07) is 62.1. The smallest absolute Gasteiger partial charge is 0.0562 e. The van der Waals surface area contributed by atoms with Crippen molar-refractivity contribution in [1.29, 1.82) is 0 Å². The van der Waals surface area contributed by atoms with E-state index in [-0.39, 0.29) is 0 Å².